The van der Waals surface area contributed by atoms with Gasteiger partial charge in [-0.2, -0.15) is 0 Å². The van der Waals surface area contributed by atoms with Gasteiger partial charge in [-0.15, -0.1) is 0 Å². The molecule has 1 aliphatic rings. The molecule has 1 saturated heterocycles. The molecule has 22 heavy (non-hydrogen) atoms. The van der Waals surface area contributed by atoms with E-state index >= 15 is 0 Å². The number of amides is 1. The highest BCUT2D eigenvalue weighted by molar-refractivity contribution is 5.94. The number of hydrogen-bond donors (Lipinski definition) is 2. The van der Waals surface area contributed by atoms with Crippen LogP contribution < -0.4 is 11.3 Å². The van der Waals surface area contributed by atoms with E-state index in [1.165, 1.54) is 0 Å². The minimum absolute atomic E-state index is 0.106. The number of aromatic amines is 1. The van der Waals surface area contributed by atoms with Crippen LogP contribution in [0, 0.1) is 6.92 Å². The van der Waals surface area contributed by atoms with E-state index in [0.29, 0.717) is 13.1 Å². The number of nitrogens with one attached hydrogen (secondary N) is 1. The van der Waals surface area contributed by atoms with E-state index in [9.17, 15) is 9.59 Å². The predicted molar refractivity (Wildman–Crippen MR) is 84.9 cm³/mol. The first-order chi connectivity index (χ1) is 10.6. The topological polar surface area (TPSA) is 79.2 Å². The molecule has 3 N–H and O–H groups in total. The Kier molecular flexibility index (Phi) is 3.81. The zero-order valence-electron chi connectivity index (χ0n) is 12.5. The van der Waals surface area contributed by atoms with Crippen LogP contribution in [-0.2, 0) is 0 Å². The molecule has 1 amide bonds. The largest absolute Gasteiger partial charge is 0.336 e. The summed E-state index contributed by atoms with van der Waals surface area (Å²) in [7, 11) is 0. The second kappa shape index (κ2) is 5.77. The second-order valence-corrected chi connectivity index (χ2v) is 5.78. The Bertz CT molecular complexity index is 739. The molecule has 2 aromatic rings. The van der Waals surface area contributed by atoms with Gasteiger partial charge in [0.2, 0.25) is 0 Å². The number of rotatable bonds is 2. The minimum atomic E-state index is -0.346. The van der Waals surface area contributed by atoms with Gasteiger partial charge in [0.05, 0.1) is 0 Å². The third-order valence-corrected chi connectivity index (χ3v) is 4.17. The van der Waals surface area contributed by atoms with Crippen molar-refractivity contribution in [1.82, 2.24) is 9.88 Å². The fraction of sp³-hybridized carbons (Fsp3) is 0.294. The van der Waals surface area contributed by atoms with Gasteiger partial charge in [-0.3, -0.25) is 9.59 Å². The highest BCUT2D eigenvalue weighted by Gasteiger charge is 2.34. The summed E-state index contributed by atoms with van der Waals surface area (Å²) in [5.74, 6) is -0.148. The fourth-order valence-corrected chi connectivity index (χ4v) is 2.96. The van der Waals surface area contributed by atoms with Crippen LogP contribution in [0.1, 0.15) is 27.5 Å². The van der Waals surface area contributed by atoms with Gasteiger partial charge in [-0.25, -0.2) is 0 Å². The molecule has 5 heteroatoms. The number of benzene rings is 1. The lowest BCUT2D eigenvalue weighted by Gasteiger charge is -2.16. The molecule has 2 heterocycles. The number of carbonyl (C=O) groups excluding carboxylic acids is 1. The number of aromatic nitrogens is 1. The molecule has 0 spiro atoms. The highest BCUT2D eigenvalue weighted by Crippen LogP contribution is 2.27. The average Bonchev–Trinajstić information content (AvgIpc) is 2.89. The summed E-state index contributed by atoms with van der Waals surface area (Å²) in [6, 6.07) is 13.1. The van der Waals surface area contributed by atoms with Crippen molar-refractivity contribution in [2.75, 3.05) is 13.1 Å². The first-order valence-corrected chi connectivity index (χ1v) is 7.36. The molecule has 0 aliphatic carbocycles. The SMILES string of the molecule is Cc1ccc(C(=O)N2C[C@@H](N)[C@H](c3ccccc3)C2)c(=O)[nH]1. The normalized spacial score (nSPS) is 21.1. The summed E-state index contributed by atoms with van der Waals surface area (Å²) in [5.41, 5.74) is 7.89. The summed E-state index contributed by atoms with van der Waals surface area (Å²) in [4.78, 5) is 28.8. The van der Waals surface area contributed by atoms with E-state index in [0.717, 1.165) is 11.3 Å². The van der Waals surface area contributed by atoms with Gasteiger partial charge in [-0.1, -0.05) is 30.3 Å². The fourth-order valence-electron chi connectivity index (χ4n) is 2.96. The Morgan fingerprint density at radius 2 is 1.91 bits per heavy atom. The van der Waals surface area contributed by atoms with Crippen molar-refractivity contribution in [2.45, 2.75) is 18.9 Å². The van der Waals surface area contributed by atoms with Crippen molar-refractivity contribution in [1.29, 1.82) is 0 Å². The Morgan fingerprint density at radius 3 is 2.59 bits per heavy atom. The van der Waals surface area contributed by atoms with E-state index < -0.39 is 0 Å². The molecule has 0 radical (unpaired) electrons. The van der Waals surface area contributed by atoms with Crippen LogP contribution in [0.25, 0.3) is 0 Å². The van der Waals surface area contributed by atoms with E-state index in [2.05, 4.69) is 4.98 Å². The number of likely N-dealkylation sites (tertiary alicyclic amines) is 1. The maximum atomic E-state index is 12.6. The molecule has 1 fully saturated rings. The molecule has 5 nitrogen and oxygen atoms in total. The lowest BCUT2D eigenvalue weighted by molar-refractivity contribution is 0.0787. The number of nitrogens with two attached hydrogens (primary N) is 1. The van der Waals surface area contributed by atoms with Crippen LogP contribution in [0.5, 0.6) is 0 Å². The maximum absolute atomic E-state index is 12.6. The van der Waals surface area contributed by atoms with E-state index in [1.54, 1.807) is 24.0 Å². The summed E-state index contributed by atoms with van der Waals surface area (Å²) in [6.07, 6.45) is 0. The van der Waals surface area contributed by atoms with Crippen molar-refractivity contribution in [3.05, 3.63) is 69.6 Å². The Labute approximate surface area is 128 Å². The third kappa shape index (κ3) is 2.67. The quantitative estimate of drug-likeness (QED) is 0.875. The number of nitrogens with zero attached hydrogens (tertiary/aromatic N) is 1. The molecule has 0 saturated carbocycles. The molecule has 3 rings (SSSR count). The van der Waals surface area contributed by atoms with E-state index in [-0.39, 0.29) is 29.0 Å². The van der Waals surface area contributed by atoms with Crippen molar-refractivity contribution < 1.29 is 4.79 Å². The molecular weight excluding hydrogens is 278 g/mol. The first kappa shape index (κ1) is 14.5. The molecule has 2 atom stereocenters. The molecule has 0 unspecified atom stereocenters. The number of pyridine rings is 1. The number of H-pyrrole nitrogens is 1. The van der Waals surface area contributed by atoms with Crippen LogP contribution in [0.15, 0.2) is 47.3 Å². The Morgan fingerprint density at radius 1 is 1.18 bits per heavy atom. The molecule has 0 bridgehead atoms. The number of carbonyl (C=O) groups is 1. The van der Waals surface area contributed by atoms with Crippen LogP contribution in [0.4, 0.5) is 0 Å². The van der Waals surface area contributed by atoms with Gasteiger partial charge in [0.1, 0.15) is 5.56 Å². The average molecular weight is 297 g/mol. The zero-order chi connectivity index (χ0) is 15.7. The minimum Gasteiger partial charge on any atom is -0.336 e. The predicted octanol–water partition coefficient (Wildman–Crippen LogP) is 1.25. The van der Waals surface area contributed by atoms with Gasteiger partial charge in [0.25, 0.3) is 11.5 Å². The molecule has 114 valence electrons. The standard InChI is InChI=1S/C17H19N3O2/c1-11-7-8-13(16(21)19-11)17(22)20-9-14(15(18)10-20)12-5-3-2-4-6-12/h2-8,14-15H,9-10,18H2,1H3,(H,19,21)/t14-,15+/m0/s1. The zero-order valence-corrected chi connectivity index (χ0v) is 12.5. The van der Waals surface area contributed by atoms with Crippen LogP contribution in [-0.4, -0.2) is 34.9 Å². The van der Waals surface area contributed by atoms with E-state index in [1.807, 2.05) is 30.3 Å². The summed E-state index contributed by atoms with van der Waals surface area (Å²) in [5, 5.41) is 0. The molecular formula is C17H19N3O2. The lowest BCUT2D eigenvalue weighted by Crippen LogP contribution is -2.35. The molecule has 1 aromatic heterocycles. The summed E-state index contributed by atoms with van der Waals surface area (Å²) < 4.78 is 0. The number of hydrogen-bond acceptors (Lipinski definition) is 3. The van der Waals surface area contributed by atoms with Crippen molar-refractivity contribution in [3.63, 3.8) is 0 Å². The summed E-state index contributed by atoms with van der Waals surface area (Å²) in [6.45, 7) is 2.79. The van der Waals surface area contributed by atoms with Gasteiger partial charge < -0.3 is 15.6 Å². The second-order valence-electron chi connectivity index (χ2n) is 5.78. The van der Waals surface area contributed by atoms with E-state index in [4.69, 9.17) is 5.73 Å². The number of aryl methyl sites for hydroxylation is 1. The monoisotopic (exact) mass is 297 g/mol. The Hall–Kier alpha value is -2.40. The van der Waals surface area contributed by atoms with Gasteiger partial charge in [0, 0.05) is 30.7 Å². The smallest absolute Gasteiger partial charge is 0.260 e. The molecule has 1 aliphatic heterocycles. The first-order valence-electron chi connectivity index (χ1n) is 7.36. The van der Waals surface area contributed by atoms with Gasteiger partial charge in [0.15, 0.2) is 0 Å². The van der Waals surface area contributed by atoms with Crippen LogP contribution in [0.3, 0.4) is 0 Å². The van der Waals surface area contributed by atoms with Crippen LogP contribution in [0.2, 0.25) is 0 Å². The highest BCUT2D eigenvalue weighted by atomic mass is 16.2. The van der Waals surface area contributed by atoms with Crippen molar-refractivity contribution in [2.24, 2.45) is 5.73 Å². The van der Waals surface area contributed by atoms with Crippen molar-refractivity contribution in [3.8, 4) is 0 Å². The molecule has 1 aromatic carbocycles. The van der Waals surface area contributed by atoms with Crippen molar-refractivity contribution >= 4 is 5.91 Å². The van der Waals surface area contributed by atoms with Gasteiger partial charge in [-0.05, 0) is 24.6 Å². The Balaban J connectivity index is 1.82. The van der Waals surface area contributed by atoms with Crippen LogP contribution >= 0.6 is 0 Å². The maximum Gasteiger partial charge on any atom is 0.260 e. The third-order valence-electron chi connectivity index (χ3n) is 4.17. The lowest BCUT2D eigenvalue weighted by atomic mass is 9.95. The van der Waals surface area contributed by atoms with Gasteiger partial charge >= 0.3 is 0 Å². The summed E-state index contributed by atoms with van der Waals surface area (Å²) >= 11 is 0.